The summed E-state index contributed by atoms with van der Waals surface area (Å²) < 4.78 is 16.0. The number of anilines is 2. The highest BCUT2D eigenvalue weighted by Crippen LogP contribution is 2.38. The van der Waals surface area contributed by atoms with E-state index in [4.69, 9.17) is 26.4 Å². The minimum atomic E-state index is -0.567. The molecule has 2 aromatic rings. The maximum Gasteiger partial charge on any atom is 0.341 e. The molecule has 8 nitrogen and oxygen atoms in total. The zero-order chi connectivity index (χ0) is 27.1. The third-order valence-corrected chi connectivity index (χ3v) is 6.89. The second kappa shape index (κ2) is 13.0. The van der Waals surface area contributed by atoms with Crippen molar-refractivity contribution in [3.8, 4) is 0 Å². The Morgan fingerprint density at radius 3 is 2.05 bits per heavy atom. The summed E-state index contributed by atoms with van der Waals surface area (Å²) in [4.78, 5) is 39.2. The van der Waals surface area contributed by atoms with E-state index in [0.29, 0.717) is 16.3 Å². The molecule has 37 heavy (non-hydrogen) atoms. The summed E-state index contributed by atoms with van der Waals surface area (Å²) in [6.07, 6.45) is 4.31. The van der Waals surface area contributed by atoms with Gasteiger partial charge in [0.2, 0.25) is 0 Å². The highest BCUT2D eigenvalue weighted by molar-refractivity contribution is 7.80. The van der Waals surface area contributed by atoms with Crippen LogP contribution >= 0.6 is 23.6 Å². The van der Waals surface area contributed by atoms with Crippen molar-refractivity contribution in [2.75, 3.05) is 17.2 Å². The smallest absolute Gasteiger partial charge is 0.341 e. The van der Waals surface area contributed by atoms with Gasteiger partial charge in [0.15, 0.2) is 5.11 Å². The van der Waals surface area contributed by atoms with E-state index in [-0.39, 0.29) is 41.0 Å². The lowest BCUT2D eigenvalue weighted by Gasteiger charge is -2.15. The fraction of sp³-hybridized carbons (Fsp3) is 0.481. The van der Waals surface area contributed by atoms with Gasteiger partial charge in [0.1, 0.15) is 5.00 Å². The first-order valence-electron chi connectivity index (χ1n) is 12.6. The molecule has 0 radical (unpaired) electrons. The van der Waals surface area contributed by atoms with Gasteiger partial charge in [0, 0.05) is 10.6 Å². The van der Waals surface area contributed by atoms with Crippen molar-refractivity contribution >= 4 is 57.3 Å². The number of thiocarbonyl (C=S) groups is 1. The monoisotopic (exact) mass is 546 g/mol. The van der Waals surface area contributed by atoms with Crippen LogP contribution in [0, 0.1) is 0 Å². The molecule has 200 valence electrons. The molecule has 1 aromatic heterocycles. The molecule has 3 rings (SSSR count). The number of carbonyl (C=O) groups excluding carboxylic acids is 3. The number of rotatable bonds is 8. The molecule has 2 N–H and O–H groups in total. The zero-order valence-corrected chi connectivity index (χ0v) is 23.5. The molecular weight excluding hydrogens is 512 g/mol. The van der Waals surface area contributed by atoms with Gasteiger partial charge < -0.3 is 24.8 Å². The summed E-state index contributed by atoms with van der Waals surface area (Å²) in [5.74, 6) is -1.50. The van der Waals surface area contributed by atoms with Crippen LogP contribution in [-0.2, 0) is 27.1 Å². The lowest BCUT2D eigenvalue weighted by molar-refractivity contribution is 0.0376. The number of carbonyl (C=O) groups is 3. The van der Waals surface area contributed by atoms with Crippen LogP contribution in [0.4, 0.5) is 10.7 Å². The van der Waals surface area contributed by atoms with Gasteiger partial charge in [-0.05, 0) is 96.3 Å². The third kappa shape index (κ3) is 7.75. The van der Waals surface area contributed by atoms with Gasteiger partial charge in [-0.3, -0.25) is 0 Å². The van der Waals surface area contributed by atoms with Gasteiger partial charge in [0.25, 0.3) is 0 Å². The van der Waals surface area contributed by atoms with Crippen molar-refractivity contribution in [2.45, 2.75) is 78.9 Å². The fourth-order valence-electron chi connectivity index (χ4n) is 4.02. The first-order valence-corrected chi connectivity index (χ1v) is 13.8. The SMILES string of the molecule is CCOC(=O)c1c(NC(=S)Nc2cc(C(=O)OC(C)C)cc(C(=O)OC(C)C)c2)sc2c1CCCCC2. The minimum absolute atomic E-state index is 0.187. The summed E-state index contributed by atoms with van der Waals surface area (Å²) in [6, 6.07) is 4.55. The normalized spacial score (nSPS) is 12.9. The molecular formula is C27H34N2O6S2. The molecule has 0 saturated carbocycles. The van der Waals surface area contributed by atoms with Gasteiger partial charge in [-0.1, -0.05) is 6.42 Å². The molecule has 1 aliphatic carbocycles. The fourth-order valence-corrected chi connectivity index (χ4v) is 5.58. The van der Waals surface area contributed by atoms with Gasteiger partial charge in [-0.25, -0.2) is 14.4 Å². The van der Waals surface area contributed by atoms with Crippen LogP contribution in [0.2, 0.25) is 0 Å². The molecule has 0 saturated heterocycles. The van der Waals surface area contributed by atoms with Crippen LogP contribution in [0.15, 0.2) is 18.2 Å². The molecule has 0 unspecified atom stereocenters. The molecule has 1 aliphatic rings. The molecule has 1 heterocycles. The van der Waals surface area contributed by atoms with Crippen molar-refractivity contribution in [2.24, 2.45) is 0 Å². The number of ether oxygens (including phenoxy) is 3. The van der Waals surface area contributed by atoms with E-state index < -0.39 is 11.9 Å². The van der Waals surface area contributed by atoms with E-state index in [9.17, 15) is 14.4 Å². The van der Waals surface area contributed by atoms with Crippen LogP contribution in [0.3, 0.4) is 0 Å². The second-order valence-electron chi connectivity index (χ2n) is 9.28. The highest BCUT2D eigenvalue weighted by Gasteiger charge is 2.26. The number of benzene rings is 1. The summed E-state index contributed by atoms with van der Waals surface area (Å²) >= 11 is 7.06. The molecule has 1 aromatic carbocycles. The van der Waals surface area contributed by atoms with Crippen LogP contribution in [0.1, 0.15) is 95.4 Å². The predicted octanol–water partition coefficient (Wildman–Crippen LogP) is 6.13. The lowest BCUT2D eigenvalue weighted by Crippen LogP contribution is -2.21. The number of thiophene rings is 1. The van der Waals surface area contributed by atoms with E-state index in [1.807, 2.05) is 0 Å². The maximum atomic E-state index is 12.8. The van der Waals surface area contributed by atoms with Crippen molar-refractivity contribution < 1.29 is 28.6 Å². The largest absolute Gasteiger partial charge is 0.462 e. The molecule has 0 spiro atoms. The van der Waals surface area contributed by atoms with E-state index in [0.717, 1.165) is 37.7 Å². The number of hydrogen-bond acceptors (Lipinski definition) is 8. The Kier molecular flexibility index (Phi) is 10.0. The van der Waals surface area contributed by atoms with E-state index >= 15 is 0 Å². The predicted molar refractivity (Wildman–Crippen MR) is 149 cm³/mol. The maximum absolute atomic E-state index is 12.8. The Hall–Kier alpha value is -2.98. The van der Waals surface area contributed by atoms with E-state index in [2.05, 4.69) is 10.6 Å². The summed E-state index contributed by atoms with van der Waals surface area (Å²) in [6.45, 7) is 9.04. The number of hydrogen-bond donors (Lipinski definition) is 2. The molecule has 0 fully saturated rings. The standard InChI is InChI=1S/C27H34N2O6S2/c1-6-33-26(32)22-20-10-8-7-9-11-21(20)37-23(22)29-27(36)28-19-13-17(24(30)34-15(2)3)12-18(14-19)25(31)35-16(4)5/h12-16H,6-11H2,1-5H3,(H2,28,29,36). The topological polar surface area (TPSA) is 103 Å². The quantitative estimate of drug-likeness (QED) is 0.175. The van der Waals surface area contributed by atoms with Crippen LogP contribution < -0.4 is 10.6 Å². The average molecular weight is 547 g/mol. The highest BCUT2D eigenvalue weighted by atomic mass is 32.1. The van der Waals surface area contributed by atoms with Gasteiger partial charge in [-0.2, -0.15) is 0 Å². The summed E-state index contributed by atoms with van der Waals surface area (Å²) in [7, 11) is 0. The number of fused-ring (bicyclic) bond motifs is 1. The van der Waals surface area contributed by atoms with E-state index in [1.165, 1.54) is 22.3 Å². The third-order valence-electron chi connectivity index (χ3n) is 5.48. The zero-order valence-electron chi connectivity index (χ0n) is 21.9. The number of aryl methyl sites for hydroxylation is 1. The Morgan fingerprint density at radius 1 is 0.892 bits per heavy atom. The van der Waals surface area contributed by atoms with E-state index in [1.54, 1.807) is 46.8 Å². The average Bonchev–Trinajstić information content (AvgIpc) is 2.98. The van der Waals surface area contributed by atoms with Gasteiger partial charge in [0.05, 0.1) is 35.5 Å². The molecule has 0 amide bonds. The van der Waals surface area contributed by atoms with Crippen molar-refractivity contribution in [3.05, 3.63) is 45.3 Å². The Bertz CT molecular complexity index is 1130. The van der Waals surface area contributed by atoms with Crippen molar-refractivity contribution in [3.63, 3.8) is 0 Å². The van der Waals surface area contributed by atoms with Crippen LogP contribution in [0.25, 0.3) is 0 Å². The Morgan fingerprint density at radius 2 is 1.49 bits per heavy atom. The lowest BCUT2D eigenvalue weighted by atomic mass is 10.1. The van der Waals surface area contributed by atoms with Gasteiger partial charge in [-0.15, -0.1) is 11.3 Å². The van der Waals surface area contributed by atoms with Crippen molar-refractivity contribution in [1.29, 1.82) is 0 Å². The van der Waals surface area contributed by atoms with Crippen LogP contribution in [-0.4, -0.2) is 41.8 Å². The minimum Gasteiger partial charge on any atom is -0.462 e. The first-order chi connectivity index (χ1) is 17.6. The molecule has 0 aliphatic heterocycles. The summed E-state index contributed by atoms with van der Waals surface area (Å²) in [5.41, 5.74) is 2.34. The van der Waals surface area contributed by atoms with Gasteiger partial charge >= 0.3 is 17.9 Å². The van der Waals surface area contributed by atoms with Crippen LogP contribution in [0.5, 0.6) is 0 Å². The first kappa shape index (κ1) is 28.6. The Labute approximate surface area is 227 Å². The summed E-state index contributed by atoms with van der Waals surface area (Å²) in [5, 5.41) is 7.01. The Balaban J connectivity index is 1.89. The molecule has 10 heteroatoms. The molecule has 0 bridgehead atoms. The number of esters is 3. The second-order valence-corrected chi connectivity index (χ2v) is 10.8. The van der Waals surface area contributed by atoms with Crippen molar-refractivity contribution in [1.82, 2.24) is 0 Å². The number of nitrogens with one attached hydrogen (secondary N) is 2. The molecule has 0 atom stereocenters.